The molecule has 1 amide bonds. The van der Waals surface area contributed by atoms with E-state index in [0.29, 0.717) is 23.5 Å². The number of unbranched alkanes of at least 4 members (excludes halogenated alkanes) is 1. The van der Waals surface area contributed by atoms with Gasteiger partial charge in [-0.05, 0) is 90.6 Å². The first-order valence-electron chi connectivity index (χ1n) is 13.7. The summed E-state index contributed by atoms with van der Waals surface area (Å²) in [5.74, 6) is -0.799. The van der Waals surface area contributed by atoms with Crippen molar-refractivity contribution in [3.8, 4) is 16.9 Å². The van der Waals surface area contributed by atoms with E-state index >= 15 is 0 Å². The van der Waals surface area contributed by atoms with E-state index in [0.717, 1.165) is 27.1 Å². The Labute approximate surface area is 243 Å². The van der Waals surface area contributed by atoms with E-state index < -0.39 is 30.6 Å². The zero-order valence-electron chi connectivity index (χ0n) is 24.2. The summed E-state index contributed by atoms with van der Waals surface area (Å²) in [5, 5.41) is 11.4. The summed E-state index contributed by atoms with van der Waals surface area (Å²) in [6, 6.07) is 15.8. The number of thiophene rings is 1. The molecule has 0 spiro atoms. The highest BCUT2D eigenvalue weighted by molar-refractivity contribution is 7.14. The Morgan fingerprint density at radius 3 is 2.17 bits per heavy atom. The van der Waals surface area contributed by atoms with Crippen molar-refractivity contribution in [3.05, 3.63) is 75.0 Å². The standard InChI is InChI=1S/C32H38F3NO4S/c1-20-18-24(19-21(2)29(20)22-9-11-23(12-10-22)31(3,4)5)40-25(8-6-7-16-32(33,34)35)26-13-14-27(41-26)30(39)36-17-15-28(37)38/h9-14,18-19,25H,6-8,15-17H2,1-5H3,(H,36,39)(H,37,38). The first-order valence-corrected chi connectivity index (χ1v) is 14.5. The maximum Gasteiger partial charge on any atom is 0.389 e. The van der Waals surface area contributed by atoms with Crippen LogP contribution >= 0.6 is 11.3 Å². The molecule has 0 saturated heterocycles. The Morgan fingerprint density at radius 2 is 1.61 bits per heavy atom. The highest BCUT2D eigenvalue weighted by Crippen LogP contribution is 2.37. The second-order valence-electron chi connectivity index (χ2n) is 11.3. The highest BCUT2D eigenvalue weighted by atomic mass is 32.1. The number of rotatable bonds is 12. The first-order chi connectivity index (χ1) is 19.1. The van der Waals surface area contributed by atoms with Gasteiger partial charge in [-0.2, -0.15) is 13.2 Å². The van der Waals surface area contributed by atoms with Crippen LogP contribution in [0.5, 0.6) is 5.75 Å². The zero-order chi connectivity index (χ0) is 30.4. The number of amides is 1. The molecule has 2 N–H and O–H groups in total. The van der Waals surface area contributed by atoms with Gasteiger partial charge in [0.2, 0.25) is 0 Å². The number of nitrogens with one attached hydrogen (secondary N) is 1. The second-order valence-corrected chi connectivity index (χ2v) is 12.4. The number of halogens is 3. The Balaban J connectivity index is 1.82. The van der Waals surface area contributed by atoms with Crippen molar-refractivity contribution >= 4 is 23.2 Å². The third kappa shape index (κ3) is 9.63. The number of carboxylic acids is 1. The quantitative estimate of drug-likeness (QED) is 0.207. The number of hydrogen-bond donors (Lipinski definition) is 2. The molecule has 0 bridgehead atoms. The predicted molar refractivity (Wildman–Crippen MR) is 157 cm³/mol. The van der Waals surface area contributed by atoms with Crippen LogP contribution in [0.4, 0.5) is 13.2 Å². The van der Waals surface area contributed by atoms with E-state index in [1.165, 1.54) is 16.9 Å². The first kappa shape index (κ1) is 32.2. The molecule has 1 heterocycles. The lowest BCUT2D eigenvalue weighted by molar-refractivity contribution is -0.137. The summed E-state index contributed by atoms with van der Waals surface area (Å²) >= 11 is 1.20. The molecule has 0 aliphatic rings. The average molecular weight is 590 g/mol. The van der Waals surface area contributed by atoms with Crippen LogP contribution in [-0.4, -0.2) is 29.7 Å². The van der Waals surface area contributed by atoms with Crippen LogP contribution in [0, 0.1) is 13.8 Å². The molecule has 5 nitrogen and oxygen atoms in total. The summed E-state index contributed by atoms with van der Waals surface area (Å²) in [6.07, 6.45) is -5.16. The number of aliphatic carboxylic acids is 1. The monoisotopic (exact) mass is 589 g/mol. The van der Waals surface area contributed by atoms with Crippen molar-refractivity contribution in [3.63, 3.8) is 0 Å². The van der Waals surface area contributed by atoms with Crippen molar-refractivity contribution in [1.82, 2.24) is 5.32 Å². The molecule has 0 radical (unpaired) electrons. The zero-order valence-corrected chi connectivity index (χ0v) is 25.0. The van der Waals surface area contributed by atoms with Gasteiger partial charge in [-0.3, -0.25) is 9.59 Å². The van der Waals surface area contributed by atoms with Gasteiger partial charge in [-0.1, -0.05) is 45.0 Å². The Hall–Kier alpha value is -3.33. The molecular weight excluding hydrogens is 551 g/mol. The van der Waals surface area contributed by atoms with E-state index in [9.17, 15) is 22.8 Å². The maximum atomic E-state index is 12.7. The Morgan fingerprint density at radius 1 is 0.976 bits per heavy atom. The summed E-state index contributed by atoms with van der Waals surface area (Å²) < 4.78 is 44.6. The van der Waals surface area contributed by atoms with E-state index in [1.807, 2.05) is 26.0 Å². The topological polar surface area (TPSA) is 75.6 Å². The molecule has 1 atom stereocenters. The van der Waals surface area contributed by atoms with Gasteiger partial charge in [0, 0.05) is 17.8 Å². The van der Waals surface area contributed by atoms with Crippen LogP contribution in [0.25, 0.3) is 11.1 Å². The number of aryl methyl sites for hydroxylation is 2. The summed E-state index contributed by atoms with van der Waals surface area (Å²) in [6.45, 7) is 10.5. The molecule has 3 rings (SSSR count). The minimum atomic E-state index is -4.21. The maximum absolute atomic E-state index is 12.7. The second kappa shape index (κ2) is 13.6. The smallest absolute Gasteiger partial charge is 0.389 e. The number of carbonyl (C=O) groups is 2. The Kier molecular flexibility index (Phi) is 10.6. The lowest BCUT2D eigenvalue weighted by Gasteiger charge is -2.21. The molecule has 0 fully saturated rings. The molecule has 0 saturated carbocycles. The van der Waals surface area contributed by atoms with Crippen LogP contribution in [0.1, 0.15) is 90.2 Å². The van der Waals surface area contributed by atoms with Crippen molar-refractivity contribution in [2.24, 2.45) is 0 Å². The number of carbonyl (C=O) groups excluding carboxylic acids is 1. The minimum Gasteiger partial charge on any atom is -0.485 e. The molecule has 1 unspecified atom stereocenters. The molecule has 41 heavy (non-hydrogen) atoms. The minimum absolute atomic E-state index is 0.00258. The average Bonchev–Trinajstić information content (AvgIpc) is 3.35. The number of carboxylic acid groups (broad SMARTS) is 1. The summed E-state index contributed by atoms with van der Waals surface area (Å²) in [7, 11) is 0. The normalized spacial score (nSPS) is 12.7. The predicted octanol–water partition coefficient (Wildman–Crippen LogP) is 8.78. The Bertz CT molecular complexity index is 1320. The molecule has 9 heteroatoms. The molecular formula is C32H38F3NO4S. The molecule has 3 aromatic rings. The van der Waals surface area contributed by atoms with Crippen molar-refractivity contribution < 1.29 is 32.6 Å². The van der Waals surface area contributed by atoms with Crippen LogP contribution in [0.15, 0.2) is 48.5 Å². The lowest BCUT2D eigenvalue weighted by Crippen LogP contribution is -2.25. The van der Waals surface area contributed by atoms with Crippen LogP contribution < -0.4 is 10.1 Å². The van der Waals surface area contributed by atoms with Crippen molar-refractivity contribution in [1.29, 1.82) is 0 Å². The fourth-order valence-corrected chi connectivity index (χ4v) is 5.67. The van der Waals surface area contributed by atoms with Crippen LogP contribution in [-0.2, 0) is 10.2 Å². The van der Waals surface area contributed by atoms with Crippen LogP contribution in [0.3, 0.4) is 0 Å². The van der Waals surface area contributed by atoms with Crippen LogP contribution in [0.2, 0.25) is 0 Å². The van der Waals surface area contributed by atoms with Gasteiger partial charge in [-0.25, -0.2) is 0 Å². The molecule has 0 aliphatic heterocycles. The molecule has 0 aliphatic carbocycles. The van der Waals surface area contributed by atoms with Crippen molar-refractivity contribution in [2.75, 3.05) is 6.54 Å². The van der Waals surface area contributed by atoms with Gasteiger partial charge in [0.05, 0.1) is 11.3 Å². The van der Waals surface area contributed by atoms with Gasteiger partial charge in [0.25, 0.3) is 5.91 Å². The summed E-state index contributed by atoms with van der Waals surface area (Å²) in [5.41, 5.74) is 5.54. The highest BCUT2D eigenvalue weighted by Gasteiger charge is 2.27. The van der Waals surface area contributed by atoms with E-state index in [2.05, 4.69) is 50.4 Å². The van der Waals surface area contributed by atoms with E-state index in [1.54, 1.807) is 12.1 Å². The third-order valence-corrected chi connectivity index (χ3v) is 7.97. The molecule has 2 aromatic carbocycles. The fraction of sp³-hybridized carbons (Fsp3) is 0.438. The van der Waals surface area contributed by atoms with Crippen molar-refractivity contribution in [2.45, 2.75) is 84.4 Å². The SMILES string of the molecule is Cc1cc(OC(CCCCC(F)(F)F)c2ccc(C(=O)NCCC(=O)O)s2)cc(C)c1-c1ccc(C(C)(C)C)cc1. The van der Waals surface area contributed by atoms with Gasteiger partial charge < -0.3 is 15.2 Å². The number of alkyl halides is 3. The number of benzene rings is 2. The van der Waals surface area contributed by atoms with Gasteiger partial charge in [-0.15, -0.1) is 11.3 Å². The third-order valence-electron chi connectivity index (χ3n) is 6.79. The van der Waals surface area contributed by atoms with Gasteiger partial charge in [0.1, 0.15) is 11.9 Å². The summed E-state index contributed by atoms with van der Waals surface area (Å²) in [4.78, 5) is 24.3. The number of hydrogen-bond acceptors (Lipinski definition) is 4. The fourth-order valence-electron chi connectivity index (χ4n) is 4.68. The van der Waals surface area contributed by atoms with Gasteiger partial charge >= 0.3 is 12.1 Å². The molecule has 1 aromatic heterocycles. The van der Waals surface area contributed by atoms with E-state index in [-0.39, 0.29) is 24.8 Å². The molecule has 222 valence electrons. The number of ether oxygens (including phenoxy) is 1. The lowest BCUT2D eigenvalue weighted by atomic mass is 9.85. The van der Waals surface area contributed by atoms with Gasteiger partial charge in [0.15, 0.2) is 0 Å². The largest absolute Gasteiger partial charge is 0.485 e. The van der Waals surface area contributed by atoms with E-state index in [4.69, 9.17) is 9.84 Å².